The van der Waals surface area contributed by atoms with E-state index in [4.69, 9.17) is 46.4 Å². The molecule has 2 aromatic rings. The third-order valence-corrected chi connectivity index (χ3v) is 5.89. The summed E-state index contributed by atoms with van der Waals surface area (Å²) in [5.41, 5.74) is 6.36. The molecule has 0 aliphatic rings. The Bertz CT molecular complexity index is 947. The van der Waals surface area contributed by atoms with Crippen molar-refractivity contribution >= 4 is 70.6 Å². The molecule has 0 aliphatic heterocycles. The Balaban J connectivity index is 1.48. The van der Waals surface area contributed by atoms with Crippen molar-refractivity contribution in [3.8, 4) is 0 Å². The van der Waals surface area contributed by atoms with Gasteiger partial charge in [0.2, 0.25) is 11.8 Å². The lowest BCUT2D eigenvalue weighted by Crippen LogP contribution is -2.17. The maximum Gasteiger partial charge on any atom is 0.240 e. The first-order chi connectivity index (χ1) is 16.3. The first-order valence-electron chi connectivity index (χ1n) is 10.9. The number of hydrogen-bond donors (Lipinski definition) is 2. The van der Waals surface area contributed by atoms with Gasteiger partial charge in [0.1, 0.15) is 0 Å². The molecule has 182 valence electrons. The molecule has 34 heavy (non-hydrogen) atoms. The number of carbonyl (C=O) groups excluding carboxylic acids is 2. The Morgan fingerprint density at radius 3 is 1.41 bits per heavy atom. The SMILES string of the molecule is O=C(CCCCCCCCC(=O)N/N=C/c1ccc(Cl)cc1Cl)N/N=C\c1ccc(Cl)cc1Cl. The van der Waals surface area contributed by atoms with Crippen molar-refractivity contribution in [3.05, 3.63) is 67.6 Å². The molecule has 0 spiro atoms. The fourth-order valence-electron chi connectivity index (χ4n) is 2.95. The molecule has 0 saturated heterocycles. The molecular formula is C24H26Cl4N4O2. The van der Waals surface area contributed by atoms with Crippen LogP contribution >= 0.6 is 46.4 Å². The van der Waals surface area contributed by atoms with Gasteiger partial charge in [0.05, 0.1) is 22.5 Å². The third-order valence-electron chi connectivity index (χ3n) is 4.77. The molecule has 0 atom stereocenters. The summed E-state index contributed by atoms with van der Waals surface area (Å²) in [6.07, 6.45) is 9.26. The summed E-state index contributed by atoms with van der Waals surface area (Å²) in [4.78, 5) is 23.7. The number of nitrogens with zero attached hydrogens (tertiary/aromatic N) is 2. The first kappa shape index (κ1) is 28.1. The average molecular weight is 544 g/mol. The van der Waals surface area contributed by atoms with Gasteiger partial charge in [0.25, 0.3) is 0 Å². The zero-order valence-corrected chi connectivity index (χ0v) is 21.5. The highest BCUT2D eigenvalue weighted by Crippen LogP contribution is 2.20. The van der Waals surface area contributed by atoms with Gasteiger partial charge < -0.3 is 0 Å². The van der Waals surface area contributed by atoms with Gasteiger partial charge in [-0.25, -0.2) is 10.9 Å². The molecule has 0 unspecified atom stereocenters. The second-order valence-corrected chi connectivity index (χ2v) is 9.23. The van der Waals surface area contributed by atoms with Gasteiger partial charge in [0.15, 0.2) is 0 Å². The highest BCUT2D eigenvalue weighted by atomic mass is 35.5. The lowest BCUT2D eigenvalue weighted by molar-refractivity contribution is -0.122. The molecule has 2 rings (SSSR count). The molecule has 10 heteroatoms. The Morgan fingerprint density at radius 2 is 1.03 bits per heavy atom. The molecule has 0 aliphatic carbocycles. The lowest BCUT2D eigenvalue weighted by Gasteiger charge is -2.03. The second-order valence-electron chi connectivity index (χ2n) is 7.54. The molecule has 0 radical (unpaired) electrons. The zero-order chi connectivity index (χ0) is 24.8. The van der Waals surface area contributed by atoms with Crippen LogP contribution in [0.2, 0.25) is 20.1 Å². The molecule has 0 heterocycles. The topological polar surface area (TPSA) is 82.9 Å². The minimum Gasteiger partial charge on any atom is -0.273 e. The number of rotatable bonds is 13. The summed E-state index contributed by atoms with van der Waals surface area (Å²) in [5, 5.41) is 9.87. The van der Waals surface area contributed by atoms with Gasteiger partial charge in [0, 0.05) is 34.0 Å². The number of carbonyl (C=O) groups is 2. The predicted octanol–water partition coefficient (Wildman–Crippen LogP) is 7.02. The molecule has 2 N–H and O–H groups in total. The summed E-state index contributed by atoms with van der Waals surface area (Å²) < 4.78 is 0. The molecular weight excluding hydrogens is 518 g/mol. The summed E-state index contributed by atoms with van der Waals surface area (Å²) in [6, 6.07) is 10.1. The summed E-state index contributed by atoms with van der Waals surface area (Å²) in [5.74, 6) is -0.281. The van der Waals surface area contributed by atoms with Crippen LogP contribution in [0, 0.1) is 0 Å². The van der Waals surface area contributed by atoms with Gasteiger partial charge in [-0.3, -0.25) is 9.59 Å². The van der Waals surface area contributed by atoms with Crippen molar-refractivity contribution in [3.63, 3.8) is 0 Å². The minimum absolute atomic E-state index is 0.140. The smallest absolute Gasteiger partial charge is 0.240 e. The van der Waals surface area contributed by atoms with E-state index in [0.29, 0.717) is 44.1 Å². The molecule has 0 bridgehead atoms. The number of unbranched alkanes of at least 4 members (excludes halogenated alkanes) is 5. The minimum atomic E-state index is -0.140. The normalized spacial score (nSPS) is 11.3. The van der Waals surface area contributed by atoms with Crippen molar-refractivity contribution in [2.45, 2.75) is 51.4 Å². The van der Waals surface area contributed by atoms with Crippen LogP contribution < -0.4 is 10.9 Å². The van der Waals surface area contributed by atoms with Crippen molar-refractivity contribution in [2.24, 2.45) is 10.2 Å². The van der Waals surface area contributed by atoms with Gasteiger partial charge >= 0.3 is 0 Å². The van der Waals surface area contributed by atoms with Crippen LogP contribution in [-0.4, -0.2) is 24.2 Å². The maximum atomic E-state index is 11.8. The average Bonchev–Trinajstić information content (AvgIpc) is 2.78. The van der Waals surface area contributed by atoms with Gasteiger partial charge in [-0.05, 0) is 37.1 Å². The van der Waals surface area contributed by atoms with E-state index in [1.54, 1.807) is 36.4 Å². The second kappa shape index (κ2) is 15.7. The van der Waals surface area contributed by atoms with E-state index in [9.17, 15) is 9.59 Å². The van der Waals surface area contributed by atoms with Crippen LogP contribution in [0.5, 0.6) is 0 Å². The summed E-state index contributed by atoms with van der Waals surface area (Å²) in [7, 11) is 0. The molecule has 6 nitrogen and oxygen atoms in total. The summed E-state index contributed by atoms with van der Waals surface area (Å²) >= 11 is 23.8. The van der Waals surface area contributed by atoms with Crippen LogP contribution in [0.15, 0.2) is 46.6 Å². The monoisotopic (exact) mass is 542 g/mol. The van der Waals surface area contributed by atoms with E-state index >= 15 is 0 Å². The van der Waals surface area contributed by atoms with E-state index in [-0.39, 0.29) is 11.8 Å². The molecule has 0 fully saturated rings. The molecule has 0 saturated carbocycles. The molecule has 2 amide bonds. The van der Waals surface area contributed by atoms with Crippen LogP contribution in [0.25, 0.3) is 0 Å². The number of benzene rings is 2. The number of halogens is 4. The highest BCUT2D eigenvalue weighted by molar-refractivity contribution is 6.36. The fraction of sp³-hybridized carbons (Fsp3) is 0.333. The largest absolute Gasteiger partial charge is 0.273 e. The first-order valence-corrected chi connectivity index (χ1v) is 12.4. The van der Waals surface area contributed by atoms with E-state index in [2.05, 4.69) is 21.1 Å². The number of nitrogens with one attached hydrogen (secondary N) is 2. The van der Waals surface area contributed by atoms with Crippen molar-refractivity contribution in [1.29, 1.82) is 0 Å². The van der Waals surface area contributed by atoms with Crippen LogP contribution in [0.1, 0.15) is 62.5 Å². The van der Waals surface area contributed by atoms with Gasteiger partial charge in [-0.15, -0.1) is 0 Å². The lowest BCUT2D eigenvalue weighted by atomic mass is 10.1. The van der Waals surface area contributed by atoms with Crippen molar-refractivity contribution in [1.82, 2.24) is 10.9 Å². The van der Waals surface area contributed by atoms with Crippen molar-refractivity contribution in [2.75, 3.05) is 0 Å². The van der Waals surface area contributed by atoms with E-state index in [1.807, 2.05) is 0 Å². The zero-order valence-electron chi connectivity index (χ0n) is 18.5. The molecule has 0 aromatic heterocycles. The quantitative estimate of drug-likeness (QED) is 0.161. The van der Waals surface area contributed by atoms with E-state index < -0.39 is 0 Å². The van der Waals surface area contributed by atoms with Crippen LogP contribution in [0.3, 0.4) is 0 Å². The number of hydrazone groups is 2. The van der Waals surface area contributed by atoms with Gasteiger partial charge in [-0.2, -0.15) is 10.2 Å². The number of hydrogen-bond acceptors (Lipinski definition) is 4. The van der Waals surface area contributed by atoms with Crippen molar-refractivity contribution < 1.29 is 9.59 Å². The van der Waals surface area contributed by atoms with Crippen LogP contribution in [0.4, 0.5) is 0 Å². The predicted molar refractivity (Wildman–Crippen MR) is 141 cm³/mol. The standard InChI is InChI=1S/C24H26Cl4N4O2/c25-19-11-9-17(21(27)13-19)15-29-31-23(33)7-5-3-1-2-4-6-8-24(34)32-30-16-18-10-12-20(26)14-22(18)28/h9-16H,1-8H2,(H,31,33)(H,32,34)/b29-15-,30-16+. The van der Waals surface area contributed by atoms with Crippen LogP contribution in [-0.2, 0) is 9.59 Å². The Hall–Kier alpha value is -2.12. The molecule has 2 aromatic carbocycles. The Labute approximate surface area is 219 Å². The van der Waals surface area contributed by atoms with E-state index in [1.165, 1.54) is 12.4 Å². The fourth-order valence-corrected chi connectivity index (χ4v) is 3.86. The maximum absolute atomic E-state index is 11.8. The summed E-state index contributed by atoms with van der Waals surface area (Å²) in [6.45, 7) is 0. The van der Waals surface area contributed by atoms with Gasteiger partial charge in [-0.1, -0.05) is 84.2 Å². The highest BCUT2D eigenvalue weighted by Gasteiger charge is 2.03. The third kappa shape index (κ3) is 11.3. The Morgan fingerprint density at radius 1 is 0.647 bits per heavy atom. The Kier molecular flexibility index (Phi) is 13.0. The van der Waals surface area contributed by atoms with E-state index in [0.717, 1.165) is 38.5 Å². The number of amides is 2.